The van der Waals surface area contributed by atoms with Crippen molar-refractivity contribution >= 4 is 17.5 Å². The lowest BCUT2D eigenvalue weighted by Crippen LogP contribution is -2.45. The predicted octanol–water partition coefficient (Wildman–Crippen LogP) is 1.69. The molecular weight excluding hydrogens is 202 g/mol. The quantitative estimate of drug-likeness (QED) is 0.731. The number of carbonyl (C=O) groups excluding carboxylic acids is 1. The highest BCUT2D eigenvalue weighted by atomic mass is 35.5. The zero-order chi connectivity index (χ0) is 10.6. The smallest absolute Gasteiger partial charge is 0.252 e. The number of rotatable bonds is 4. The molecule has 1 amide bonds. The first-order valence-electron chi connectivity index (χ1n) is 5.15. The van der Waals surface area contributed by atoms with Gasteiger partial charge in [-0.25, -0.2) is 0 Å². The zero-order valence-electron chi connectivity index (χ0n) is 8.81. The van der Waals surface area contributed by atoms with Crippen LogP contribution in [0.5, 0.6) is 0 Å². The summed E-state index contributed by atoms with van der Waals surface area (Å²) in [6.45, 7) is 5.04. The van der Waals surface area contributed by atoms with Crippen molar-refractivity contribution in [2.75, 3.05) is 13.2 Å². The minimum absolute atomic E-state index is 0.0175. The van der Waals surface area contributed by atoms with Crippen molar-refractivity contribution in [1.82, 2.24) is 5.32 Å². The summed E-state index contributed by atoms with van der Waals surface area (Å²) >= 11 is 5.91. The molecule has 0 saturated carbocycles. The molecule has 0 aromatic carbocycles. The van der Waals surface area contributed by atoms with Crippen LogP contribution in [0.4, 0.5) is 0 Å². The van der Waals surface area contributed by atoms with Crippen LogP contribution in [0.15, 0.2) is 0 Å². The lowest BCUT2D eigenvalue weighted by atomic mass is 10.0. The number of halogens is 1. The molecule has 0 radical (unpaired) electrons. The van der Waals surface area contributed by atoms with Gasteiger partial charge in [-0.1, -0.05) is 6.92 Å². The van der Waals surface area contributed by atoms with Crippen molar-refractivity contribution in [3.63, 3.8) is 0 Å². The highest BCUT2D eigenvalue weighted by Gasteiger charge is 2.37. The third kappa shape index (κ3) is 2.85. The second-order valence-corrected chi connectivity index (χ2v) is 4.52. The van der Waals surface area contributed by atoms with Gasteiger partial charge in [0.2, 0.25) is 0 Å². The largest absolute Gasteiger partial charge is 0.365 e. The van der Waals surface area contributed by atoms with Crippen LogP contribution in [0.25, 0.3) is 0 Å². The normalized spacial score (nSPS) is 28.8. The first-order valence-corrected chi connectivity index (χ1v) is 5.58. The fourth-order valence-electron chi connectivity index (χ4n) is 1.49. The Balaban J connectivity index is 2.34. The van der Waals surface area contributed by atoms with Crippen LogP contribution in [0.2, 0.25) is 0 Å². The molecule has 0 bridgehead atoms. The van der Waals surface area contributed by atoms with E-state index < -0.39 is 5.60 Å². The molecule has 1 fully saturated rings. The van der Waals surface area contributed by atoms with Gasteiger partial charge in [-0.3, -0.25) is 4.79 Å². The summed E-state index contributed by atoms with van der Waals surface area (Å²) in [5.74, 6) is -0.0332. The lowest BCUT2D eigenvalue weighted by Gasteiger charge is -2.22. The molecule has 1 N–H and O–H groups in total. The number of hydrogen-bond acceptors (Lipinski definition) is 2. The third-order valence-electron chi connectivity index (χ3n) is 2.63. The van der Waals surface area contributed by atoms with Crippen molar-refractivity contribution in [2.45, 2.75) is 44.1 Å². The molecule has 1 heterocycles. The molecule has 82 valence electrons. The van der Waals surface area contributed by atoms with Crippen molar-refractivity contribution < 1.29 is 9.53 Å². The fraction of sp³-hybridized carbons (Fsp3) is 0.900. The van der Waals surface area contributed by atoms with E-state index in [1.807, 2.05) is 13.8 Å². The van der Waals surface area contributed by atoms with Crippen LogP contribution in [-0.2, 0) is 9.53 Å². The summed E-state index contributed by atoms with van der Waals surface area (Å²) in [5, 5.41) is 2.84. The van der Waals surface area contributed by atoms with E-state index in [0.29, 0.717) is 13.2 Å². The van der Waals surface area contributed by atoms with Gasteiger partial charge in [0.15, 0.2) is 0 Å². The van der Waals surface area contributed by atoms with Gasteiger partial charge in [-0.2, -0.15) is 0 Å². The molecule has 0 spiro atoms. The molecule has 4 heteroatoms. The van der Waals surface area contributed by atoms with Gasteiger partial charge in [-0.15, -0.1) is 11.6 Å². The van der Waals surface area contributed by atoms with Gasteiger partial charge in [0, 0.05) is 13.2 Å². The summed E-state index contributed by atoms with van der Waals surface area (Å²) in [7, 11) is 0. The second-order valence-electron chi connectivity index (χ2n) is 3.90. The molecule has 0 aliphatic carbocycles. The number of ether oxygens (including phenoxy) is 1. The first kappa shape index (κ1) is 11.8. The van der Waals surface area contributed by atoms with E-state index in [1.165, 1.54) is 0 Å². The third-order valence-corrected chi connectivity index (χ3v) is 3.09. The molecule has 1 saturated heterocycles. The minimum Gasteiger partial charge on any atom is -0.365 e. The van der Waals surface area contributed by atoms with Crippen LogP contribution in [-0.4, -0.2) is 30.0 Å². The van der Waals surface area contributed by atoms with Gasteiger partial charge in [0.1, 0.15) is 5.60 Å². The molecule has 1 rings (SSSR count). The van der Waals surface area contributed by atoms with Crippen LogP contribution in [0.3, 0.4) is 0 Å². The van der Waals surface area contributed by atoms with Gasteiger partial charge >= 0.3 is 0 Å². The number of hydrogen-bond donors (Lipinski definition) is 1. The monoisotopic (exact) mass is 219 g/mol. The topological polar surface area (TPSA) is 38.3 Å². The fourth-order valence-corrected chi connectivity index (χ4v) is 1.57. The van der Waals surface area contributed by atoms with E-state index in [2.05, 4.69) is 5.32 Å². The Labute approximate surface area is 90.1 Å². The Morgan fingerprint density at radius 3 is 2.93 bits per heavy atom. The van der Waals surface area contributed by atoms with Crippen LogP contribution in [0, 0.1) is 0 Å². The van der Waals surface area contributed by atoms with E-state index in [9.17, 15) is 4.79 Å². The summed E-state index contributed by atoms with van der Waals surface area (Å²) < 4.78 is 5.41. The lowest BCUT2D eigenvalue weighted by molar-refractivity contribution is -0.139. The number of carbonyl (C=O) groups is 1. The van der Waals surface area contributed by atoms with Crippen LogP contribution in [0.1, 0.15) is 33.1 Å². The zero-order valence-corrected chi connectivity index (χ0v) is 9.56. The van der Waals surface area contributed by atoms with Gasteiger partial charge in [0.05, 0.1) is 5.38 Å². The summed E-state index contributed by atoms with van der Waals surface area (Å²) in [6.07, 6.45) is 2.62. The van der Waals surface area contributed by atoms with E-state index in [4.69, 9.17) is 16.3 Å². The Bertz CT molecular complexity index is 202. The van der Waals surface area contributed by atoms with Gasteiger partial charge in [0.25, 0.3) is 5.91 Å². The standard InChI is InChI=1S/C10H18ClNO2/c1-3-8(11)7-12-9(13)10(2)5-4-6-14-10/h8H,3-7H2,1-2H3,(H,12,13). The Kier molecular flexibility index (Phi) is 4.20. The molecule has 0 aromatic rings. The number of nitrogens with one attached hydrogen (secondary N) is 1. The van der Waals surface area contributed by atoms with Crippen LogP contribution < -0.4 is 5.32 Å². The maximum Gasteiger partial charge on any atom is 0.252 e. The molecular formula is C10H18ClNO2. The summed E-state index contributed by atoms with van der Waals surface area (Å²) in [5.41, 5.74) is -0.621. The first-order chi connectivity index (χ1) is 6.58. The maximum absolute atomic E-state index is 11.7. The van der Waals surface area contributed by atoms with Gasteiger partial charge < -0.3 is 10.1 Å². The SMILES string of the molecule is CCC(Cl)CNC(=O)C1(C)CCCO1. The summed E-state index contributed by atoms with van der Waals surface area (Å²) in [6, 6.07) is 0. The Hall–Kier alpha value is -0.280. The molecule has 1 aliphatic heterocycles. The predicted molar refractivity (Wildman–Crippen MR) is 56.5 cm³/mol. The molecule has 14 heavy (non-hydrogen) atoms. The van der Waals surface area contributed by atoms with Crippen molar-refractivity contribution in [1.29, 1.82) is 0 Å². The minimum atomic E-state index is -0.621. The van der Waals surface area contributed by atoms with E-state index in [0.717, 1.165) is 19.3 Å². The molecule has 2 atom stereocenters. The van der Waals surface area contributed by atoms with E-state index in [-0.39, 0.29) is 11.3 Å². The van der Waals surface area contributed by atoms with Gasteiger partial charge in [-0.05, 0) is 26.2 Å². The Morgan fingerprint density at radius 1 is 1.71 bits per heavy atom. The second kappa shape index (κ2) is 4.99. The van der Waals surface area contributed by atoms with Crippen LogP contribution >= 0.6 is 11.6 Å². The van der Waals surface area contributed by atoms with E-state index >= 15 is 0 Å². The number of amides is 1. The number of alkyl halides is 1. The summed E-state index contributed by atoms with van der Waals surface area (Å²) in [4.78, 5) is 11.7. The average molecular weight is 220 g/mol. The molecule has 2 unspecified atom stereocenters. The van der Waals surface area contributed by atoms with Crippen molar-refractivity contribution in [3.05, 3.63) is 0 Å². The highest BCUT2D eigenvalue weighted by Crippen LogP contribution is 2.24. The van der Waals surface area contributed by atoms with E-state index in [1.54, 1.807) is 0 Å². The maximum atomic E-state index is 11.7. The average Bonchev–Trinajstić information content (AvgIpc) is 2.62. The molecule has 0 aromatic heterocycles. The van der Waals surface area contributed by atoms with Crippen molar-refractivity contribution in [2.24, 2.45) is 0 Å². The molecule has 1 aliphatic rings. The highest BCUT2D eigenvalue weighted by molar-refractivity contribution is 6.20. The Morgan fingerprint density at radius 2 is 2.43 bits per heavy atom. The van der Waals surface area contributed by atoms with Crippen molar-refractivity contribution in [3.8, 4) is 0 Å². The molecule has 3 nitrogen and oxygen atoms in total.